The number of nitrogens with zero attached hydrogens (tertiary/aromatic N) is 1. The van der Waals surface area contributed by atoms with Crippen molar-refractivity contribution in [2.45, 2.75) is 12.8 Å². The summed E-state index contributed by atoms with van der Waals surface area (Å²) in [6, 6.07) is 17.3. The fraction of sp³-hybridized carbons (Fsp3) is 0.261. The minimum absolute atomic E-state index is 0.0657. The maximum absolute atomic E-state index is 12.6. The topological polar surface area (TPSA) is 80.3 Å². The minimum Gasteiger partial charge on any atom is -0.497 e. The van der Waals surface area contributed by atoms with Gasteiger partial charge in [0.1, 0.15) is 5.75 Å². The van der Waals surface area contributed by atoms with Gasteiger partial charge in [0, 0.05) is 18.1 Å². The van der Waals surface area contributed by atoms with Gasteiger partial charge in [-0.15, -0.1) is 0 Å². The van der Waals surface area contributed by atoms with Gasteiger partial charge in [-0.25, -0.2) is 0 Å². The molecule has 0 aliphatic heterocycles. The number of amides is 2. The van der Waals surface area contributed by atoms with Crippen LogP contribution in [-0.2, 0) is 16.0 Å². The maximum Gasteiger partial charge on any atom is 0.228 e. The Morgan fingerprint density at radius 1 is 1.07 bits per heavy atom. The standard InChI is InChI=1S/C23H23N3O3/c1-29-17-8-2-5-15(13-17)10-12-25-22(27)18-14-19(18)23(28)26-20-9-3-6-16-7-4-11-24-21(16)20/h2-9,11,13,18-19H,10,12,14H2,1H3,(H,25,27)(H,26,28). The molecule has 2 atom stereocenters. The minimum atomic E-state index is -0.286. The molecule has 1 aromatic heterocycles. The van der Waals surface area contributed by atoms with Gasteiger partial charge >= 0.3 is 0 Å². The van der Waals surface area contributed by atoms with E-state index in [4.69, 9.17) is 4.74 Å². The second-order valence-electron chi connectivity index (χ2n) is 7.21. The highest BCUT2D eigenvalue weighted by atomic mass is 16.5. The Hall–Kier alpha value is -3.41. The maximum atomic E-state index is 12.6. The lowest BCUT2D eigenvalue weighted by Gasteiger charge is -2.08. The summed E-state index contributed by atoms with van der Waals surface area (Å²) in [6.45, 7) is 0.532. The molecule has 6 heteroatoms. The molecule has 0 saturated heterocycles. The van der Waals surface area contributed by atoms with Crippen molar-refractivity contribution in [1.29, 1.82) is 0 Å². The molecule has 1 aliphatic carbocycles. The van der Waals surface area contributed by atoms with Gasteiger partial charge in [0.2, 0.25) is 11.8 Å². The molecule has 2 unspecified atom stereocenters. The number of hydrogen-bond donors (Lipinski definition) is 2. The summed E-state index contributed by atoms with van der Waals surface area (Å²) >= 11 is 0. The summed E-state index contributed by atoms with van der Waals surface area (Å²) in [4.78, 5) is 29.3. The number of hydrogen-bond acceptors (Lipinski definition) is 4. The molecule has 2 aromatic carbocycles. The highest BCUT2D eigenvalue weighted by molar-refractivity contribution is 6.04. The number of benzene rings is 2. The molecule has 0 bridgehead atoms. The molecule has 6 nitrogen and oxygen atoms in total. The van der Waals surface area contributed by atoms with E-state index < -0.39 is 0 Å². The number of nitrogens with one attached hydrogen (secondary N) is 2. The average molecular weight is 389 g/mol. The van der Waals surface area contributed by atoms with Crippen LogP contribution in [0.3, 0.4) is 0 Å². The van der Waals surface area contributed by atoms with Crippen LogP contribution in [0.1, 0.15) is 12.0 Å². The van der Waals surface area contributed by atoms with Crippen LogP contribution in [0.5, 0.6) is 5.75 Å². The van der Waals surface area contributed by atoms with E-state index in [1.165, 1.54) is 0 Å². The van der Waals surface area contributed by atoms with Gasteiger partial charge in [-0.3, -0.25) is 14.6 Å². The number of pyridine rings is 1. The number of methoxy groups -OCH3 is 1. The number of fused-ring (bicyclic) bond motifs is 1. The van der Waals surface area contributed by atoms with Crippen LogP contribution in [0.15, 0.2) is 60.8 Å². The molecule has 3 aromatic rings. The predicted octanol–water partition coefficient (Wildman–Crippen LogP) is 3.18. The SMILES string of the molecule is COc1cccc(CCNC(=O)C2CC2C(=O)Nc2cccc3cccnc23)c1. The molecular weight excluding hydrogens is 366 g/mol. The molecule has 1 heterocycles. The number of anilines is 1. The molecule has 4 rings (SSSR count). The summed E-state index contributed by atoms with van der Waals surface area (Å²) in [7, 11) is 1.63. The van der Waals surface area contributed by atoms with Crippen molar-refractivity contribution in [3.05, 3.63) is 66.4 Å². The second kappa shape index (κ2) is 8.31. The Morgan fingerprint density at radius 2 is 1.86 bits per heavy atom. The van der Waals surface area contributed by atoms with Crippen molar-refractivity contribution >= 4 is 28.4 Å². The second-order valence-corrected chi connectivity index (χ2v) is 7.21. The fourth-order valence-electron chi connectivity index (χ4n) is 3.49. The molecule has 1 saturated carbocycles. The first kappa shape index (κ1) is 18.9. The van der Waals surface area contributed by atoms with Gasteiger partial charge < -0.3 is 15.4 Å². The number of aromatic nitrogens is 1. The van der Waals surface area contributed by atoms with E-state index >= 15 is 0 Å². The summed E-state index contributed by atoms with van der Waals surface area (Å²) in [5, 5.41) is 6.83. The lowest BCUT2D eigenvalue weighted by Crippen LogP contribution is -2.29. The van der Waals surface area contributed by atoms with E-state index in [0.29, 0.717) is 25.1 Å². The highest BCUT2D eigenvalue weighted by Crippen LogP contribution is 2.39. The predicted molar refractivity (Wildman–Crippen MR) is 112 cm³/mol. The van der Waals surface area contributed by atoms with Gasteiger partial charge in [-0.1, -0.05) is 30.3 Å². The summed E-state index contributed by atoms with van der Waals surface area (Å²) in [5.74, 6) is 0.0601. The normalized spacial score (nSPS) is 17.6. The average Bonchev–Trinajstić information content (AvgIpc) is 3.55. The van der Waals surface area contributed by atoms with E-state index in [9.17, 15) is 9.59 Å². The Balaban J connectivity index is 1.28. The van der Waals surface area contributed by atoms with Crippen LogP contribution in [0.25, 0.3) is 10.9 Å². The largest absolute Gasteiger partial charge is 0.497 e. The number of rotatable bonds is 7. The van der Waals surface area contributed by atoms with Crippen molar-refractivity contribution < 1.29 is 14.3 Å². The van der Waals surface area contributed by atoms with E-state index in [-0.39, 0.29) is 23.7 Å². The molecule has 2 N–H and O–H groups in total. The van der Waals surface area contributed by atoms with Crippen LogP contribution in [0.4, 0.5) is 5.69 Å². The molecule has 0 spiro atoms. The van der Waals surface area contributed by atoms with E-state index in [1.807, 2.05) is 54.6 Å². The zero-order valence-corrected chi connectivity index (χ0v) is 16.2. The molecule has 0 radical (unpaired) electrons. The summed E-state index contributed by atoms with van der Waals surface area (Å²) in [6.07, 6.45) is 3.00. The van der Waals surface area contributed by atoms with Gasteiger partial charge in [-0.05, 0) is 42.7 Å². The Morgan fingerprint density at radius 3 is 2.72 bits per heavy atom. The monoisotopic (exact) mass is 389 g/mol. The van der Waals surface area contributed by atoms with Gasteiger partial charge in [0.05, 0.1) is 30.1 Å². The Bertz CT molecular complexity index is 1040. The van der Waals surface area contributed by atoms with E-state index in [0.717, 1.165) is 22.2 Å². The van der Waals surface area contributed by atoms with E-state index in [1.54, 1.807) is 13.3 Å². The van der Waals surface area contributed by atoms with Crippen LogP contribution in [-0.4, -0.2) is 30.5 Å². The van der Waals surface area contributed by atoms with Crippen molar-refractivity contribution in [2.24, 2.45) is 11.8 Å². The zero-order valence-electron chi connectivity index (χ0n) is 16.2. The Kier molecular flexibility index (Phi) is 5.42. The quantitative estimate of drug-likeness (QED) is 0.650. The van der Waals surface area contributed by atoms with Crippen LogP contribution in [0, 0.1) is 11.8 Å². The number of carbonyl (C=O) groups excluding carboxylic acids is 2. The third-order valence-corrected chi connectivity index (χ3v) is 5.20. The van der Waals surface area contributed by atoms with Crippen LogP contribution >= 0.6 is 0 Å². The van der Waals surface area contributed by atoms with Crippen molar-refractivity contribution in [2.75, 3.05) is 19.0 Å². The molecule has 29 heavy (non-hydrogen) atoms. The molecule has 2 amide bonds. The van der Waals surface area contributed by atoms with E-state index in [2.05, 4.69) is 15.6 Å². The van der Waals surface area contributed by atoms with Crippen LogP contribution in [0.2, 0.25) is 0 Å². The smallest absolute Gasteiger partial charge is 0.228 e. The molecular formula is C23H23N3O3. The summed E-state index contributed by atoms with van der Waals surface area (Å²) < 4.78 is 5.21. The lowest BCUT2D eigenvalue weighted by atomic mass is 10.1. The van der Waals surface area contributed by atoms with Gasteiger partial charge in [0.15, 0.2) is 0 Å². The fourth-order valence-corrected chi connectivity index (χ4v) is 3.49. The number of para-hydroxylation sites is 1. The van der Waals surface area contributed by atoms with Gasteiger partial charge in [0.25, 0.3) is 0 Å². The first-order chi connectivity index (χ1) is 14.2. The third-order valence-electron chi connectivity index (χ3n) is 5.20. The number of ether oxygens (including phenoxy) is 1. The summed E-state index contributed by atoms with van der Waals surface area (Å²) in [5.41, 5.74) is 2.53. The van der Waals surface area contributed by atoms with Crippen molar-refractivity contribution in [1.82, 2.24) is 10.3 Å². The Labute approximate surface area is 169 Å². The van der Waals surface area contributed by atoms with Crippen LogP contribution < -0.4 is 15.4 Å². The molecule has 148 valence electrons. The molecule has 1 fully saturated rings. The van der Waals surface area contributed by atoms with Gasteiger partial charge in [-0.2, -0.15) is 0 Å². The van der Waals surface area contributed by atoms with Crippen molar-refractivity contribution in [3.8, 4) is 5.75 Å². The first-order valence-corrected chi connectivity index (χ1v) is 9.71. The lowest BCUT2D eigenvalue weighted by molar-refractivity contribution is -0.125. The van der Waals surface area contributed by atoms with Crippen molar-refractivity contribution in [3.63, 3.8) is 0 Å². The number of carbonyl (C=O) groups is 2. The zero-order chi connectivity index (χ0) is 20.2. The first-order valence-electron chi connectivity index (χ1n) is 9.71. The third kappa shape index (κ3) is 4.37. The molecule has 1 aliphatic rings. The highest BCUT2D eigenvalue weighted by Gasteiger charge is 2.47.